The lowest BCUT2D eigenvalue weighted by atomic mass is 9.59. The molecule has 53 heavy (non-hydrogen) atoms. The predicted octanol–water partition coefficient (Wildman–Crippen LogP) is 2.91. The van der Waals surface area contributed by atoms with Gasteiger partial charge in [-0.15, -0.1) is 21.9 Å². The summed E-state index contributed by atoms with van der Waals surface area (Å²) in [4.78, 5) is 0. The summed E-state index contributed by atoms with van der Waals surface area (Å²) in [6.07, 6.45) is 0. The fraction of sp³-hybridized carbons (Fsp3) is 0. The second kappa shape index (κ2) is 12.6. The molecule has 0 fully saturated rings. The van der Waals surface area contributed by atoms with E-state index in [0.717, 1.165) is 55.3 Å². The van der Waals surface area contributed by atoms with Crippen molar-refractivity contribution in [2.75, 3.05) is 0 Å². The van der Waals surface area contributed by atoms with Crippen molar-refractivity contribution in [1.29, 1.82) is 0 Å². The molecule has 0 unspecified atom stereocenters. The summed E-state index contributed by atoms with van der Waals surface area (Å²) in [5, 5.41) is 4.57. The van der Waals surface area contributed by atoms with E-state index in [1.165, 1.54) is 0 Å². The lowest BCUT2D eigenvalue weighted by molar-refractivity contribution is 0.669. The highest BCUT2D eigenvalue weighted by atomic mass is 16.3. The van der Waals surface area contributed by atoms with Gasteiger partial charge in [-0.25, -0.2) is 0 Å². The highest BCUT2D eigenvalue weighted by Crippen LogP contribution is 2.41. The van der Waals surface area contributed by atoms with E-state index in [1.54, 1.807) is 0 Å². The molecule has 16 radical (unpaired) electrons. The Bertz CT molecular complexity index is 2870. The molecular formula is C44H20B8O. The SMILES string of the molecule is [B]c1c([B])c([B])c2c(-c3ccc(-c4ccc(-c5ccc6oc7ccccc7c6c5)cc4)cc3)c3c([B])c([B])c([B])c([B])c3c(-c3ccccc3)c2c1[B]. The normalized spacial score (nSPS) is 11.6. The second-order valence-electron chi connectivity index (χ2n) is 13.4. The Morgan fingerprint density at radius 3 is 1.13 bits per heavy atom. The van der Waals surface area contributed by atoms with E-state index in [2.05, 4.69) is 54.6 Å². The van der Waals surface area contributed by atoms with Crippen molar-refractivity contribution in [3.63, 3.8) is 0 Å². The van der Waals surface area contributed by atoms with Gasteiger partial charge < -0.3 is 4.42 Å². The lowest BCUT2D eigenvalue weighted by Gasteiger charge is -2.28. The third-order valence-corrected chi connectivity index (χ3v) is 10.5. The Balaban J connectivity index is 1.22. The zero-order chi connectivity index (χ0) is 36.7. The van der Waals surface area contributed by atoms with Crippen LogP contribution >= 0.6 is 0 Å². The summed E-state index contributed by atoms with van der Waals surface area (Å²) in [5.41, 5.74) is 10.8. The molecule has 0 saturated carbocycles. The Morgan fingerprint density at radius 1 is 0.283 bits per heavy atom. The monoisotopic (exact) mass is 652 g/mol. The van der Waals surface area contributed by atoms with Gasteiger partial charge in [-0.3, -0.25) is 0 Å². The average Bonchev–Trinajstić information content (AvgIpc) is 3.58. The molecule has 9 aromatic rings. The van der Waals surface area contributed by atoms with Crippen LogP contribution in [0.15, 0.2) is 126 Å². The topological polar surface area (TPSA) is 13.1 Å². The Hall–Kier alpha value is -5.40. The van der Waals surface area contributed by atoms with Crippen LogP contribution in [0.4, 0.5) is 0 Å². The van der Waals surface area contributed by atoms with Crippen molar-refractivity contribution in [2.45, 2.75) is 0 Å². The van der Waals surface area contributed by atoms with E-state index >= 15 is 0 Å². The van der Waals surface area contributed by atoms with Crippen LogP contribution in [0, 0.1) is 0 Å². The Kier molecular flexibility index (Phi) is 7.97. The van der Waals surface area contributed by atoms with E-state index in [1.807, 2.05) is 66.7 Å². The summed E-state index contributed by atoms with van der Waals surface area (Å²) in [6.45, 7) is 0. The molecule has 0 N–H and O–H groups in total. The molecular weight excluding hydrogens is 631 g/mol. The minimum absolute atomic E-state index is 0.182. The van der Waals surface area contributed by atoms with Gasteiger partial charge in [0, 0.05) is 10.8 Å². The molecule has 0 amide bonds. The molecule has 0 atom stereocenters. The third kappa shape index (κ3) is 5.12. The van der Waals surface area contributed by atoms with Crippen LogP contribution in [0.1, 0.15) is 0 Å². The van der Waals surface area contributed by atoms with E-state index in [9.17, 15) is 0 Å². The maximum Gasteiger partial charge on any atom is 0.135 e. The largest absolute Gasteiger partial charge is 0.456 e. The number of hydrogen-bond acceptors (Lipinski definition) is 1. The van der Waals surface area contributed by atoms with E-state index < -0.39 is 0 Å². The summed E-state index contributed by atoms with van der Waals surface area (Å²) in [6, 6.07) is 40.7. The van der Waals surface area contributed by atoms with Gasteiger partial charge in [0.05, 0.1) is 0 Å². The first-order valence-electron chi connectivity index (χ1n) is 17.1. The van der Waals surface area contributed by atoms with Crippen molar-refractivity contribution < 1.29 is 4.42 Å². The minimum atomic E-state index is 0.182. The maximum atomic E-state index is 6.86. The average molecular weight is 651 g/mol. The molecule has 0 saturated heterocycles. The minimum Gasteiger partial charge on any atom is -0.456 e. The number of furan rings is 1. The van der Waals surface area contributed by atoms with E-state index in [0.29, 0.717) is 32.7 Å². The van der Waals surface area contributed by atoms with Crippen LogP contribution in [0.3, 0.4) is 0 Å². The molecule has 1 aromatic heterocycles. The summed E-state index contributed by atoms with van der Waals surface area (Å²) < 4.78 is 6.03. The molecule has 1 nitrogen and oxygen atoms in total. The number of hydrogen-bond donors (Lipinski definition) is 0. The van der Waals surface area contributed by atoms with Crippen molar-refractivity contribution >= 4 is 150 Å². The Labute approximate surface area is 318 Å². The van der Waals surface area contributed by atoms with Crippen molar-refractivity contribution in [1.82, 2.24) is 0 Å². The van der Waals surface area contributed by atoms with Crippen LogP contribution in [0.2, 0.25) is 0 Å². The summed E-state index contributed by atoms with van der Waals surface area (Å²) in [5.74, 6) is 0. The van der Waals surface area contributed by atoms with Crippen LogP contribution in [-0.4, -0.2) is 62.8 Å². The van der Waals surface area contributed by atoms with Crippen LogP contribution in [0.25, 0.3) is 88.0 Å². The molecule has 9 rings (SSSR count). The number of para-hydroxylation sites is 1. The fourth-order valence-electron chi connectivity index (χ4n) is 7.72. The zero-order valence-electron chi connectivity index (χ0n) is 28.6. The first kappa shape index (κ1) is 33.4. The highest BCUT2D eigenvalue weighted by molar-refractivity contribution is 6.71. The molecule has 0 bridgehead atoms. The van der Waals surface area contributed by atoms with Crippen molar-refractivity contribution in [3.8, 4) is 44.5 Å². The predicted molar refractivity (Wildman–Crippen MR) is 234 cm³/mol. The van der Waals surface area contributed by atoms with Crippen LogP contribution < -0.4 is 43.7 Å². The van der Waals surface area contributed by atoms with Gasteiger partial charge in [0.15, 0.2) is 0 Å². The first-order chi connectivity index (χ1) is 25.6. The molecule has 0 spiro atoms. The van der Waals surface area contributed by atoms with Gasteiger partial charge in [-0.1, -0.05) is 125 Å². The molecule has 1 heterocycles. The summed E-state index contributed by atoms with van der Waals surface area (Å²) >= 11 is 0. The first-order valence-corrected chi connectivity index (χ1v) is 17.1. The lowest BCUT2D eigenvalue weighted by Crippen LogP contribution is -2.50. The van der Waals surface area contributed by atoms with Gasteiger partial charge in [0.1, 0.15) is 73.9 Å². The molecule has 9 heteroatoms. The molecule has 0 aliphatic rings. The molecule has 226 valence electrons. The van der Waals surface area contributed by atoms with Gasteiger partial charge in [0.25, 0.3) is 0 Å². The quantitative estimate of drug-likeness (QED) is 0.211. The maximum absolute atomic E-state index is 6.86. The fourth-order valence-corrected chi connectivity index (χ4v) is 7.72. The third-order valence-electron chi connectivity index (χ3n) is 10.5. The van der Waals surface area contributed by atoms with Crippen molar-refractivity contribution in [2.24, 2.45) is 0 Å². The molecule has 0 aliphatic heterocycles. The van der Waals surface area contributed by atoms with Gasteiger partial charge in [-0.05, 0) is 84.3 Å². The molecule has 0 aliphatic carbocycles. The van der Waals surface area contributed by atoms with Gasteiger partial charge in [-0.2, -0.15) is 0 Å². The summed E-state index contributed by atoms with van der Waals surface area (Å²) in [7, 11) is 53.4. The number of fused-ring (bicyclic) bond motifs is 5. The zero-order valence-corrected chi connectivity index (χ0v) is 28.6. The van der Waals surface area contributed by atoms with Crippen LogP contribution in [-0.2, 0) is 0 Å². The van der Waals surface area contributed by atoms with E-state index in [-0.39, 0.29) is 43.7 Å². The van der Waals surface area contributed by atoms with Gasteiger partial charge >= 0.3 is 0 Å². The number of benzene rings is 8. The molecule has 8 aromatic carbocycles. The standard InChI is InChI=1S/C44H20B8O/c45-37-33-31(24-6-2-1-3-7-24)34-36(40(48)44(52)42(50)38(34)46)32(35(33)39(47)43(51)41(37)49)25-16-14-22(15-17-25)21-10-12-23(13-11-21)26-18-19-30-28(20-26)27-8-4-5-9-29(27)53-30/h1-20H. The number of rotatable bonds is 4. The second-order valence-corrected chi connectivity index (χ2v) is 13.4. The van der Waals surface area contributed by atoms with Crippen LogP contribution in [0.5, 0.6) is 0 Å². The highest BCUT2D eigenvalue weighted by Gasteiger charge is 2.24. The Morgan fingerprint density at radius 2 is 0.642 bits per heavy atom. The van der Waals surface area contributed by atoms with Gasteiger partial charge in [0.2, 0.25) is 0 Å². The smallest absolute Gasteiger partial charge is 0.135 e. The van der Waals surface area contributed by atoms with E-state index in [4.69, 9.17) is 67.2 Å². The van der Waals surface area contributed by atoms with Crippen molar-refractivity contribution in [3.05, 3.63) is 121 Å².